The van der Waals surface area contributed by atoms with E-state index >= 15 is 0 Å². The molecule has 0 N–H and O–H groups in total. The smallest absolute Gasteiger partial charge is 0.141 e. The Hall–Kier alpha value is -1.07. The molecule has 2 atom stereocenters. The van der Waals surface area contributed by atoms with E-state index in [9.17, 15) is 4.39 Å². The molecule has 0 fully saturated rings. The molecule has 2 aromatic carbocycles. The first-order chi connectivity index (χ1) is 10.1. The molecule has 2 nitrogen and oxygen atoms in total. The van der Waals surface area contributed by atoms with E-state index in [0.29, 0.717) is 10.2 Å². The van der Waals surface area contributed by atoms with Gasteiger partial charge in [-0.15, -0.1) is 0 Å². The van der Waals surface area contributed by atoms with Crippen LogP contribution < -0.4 is 9.47 Å². The highest BCUT2D eigenvalue weighted by molar-refractivity contribution is 9.10. The summed E-state index contributed by atoms with van der Waals surface area (Å²) in [6.45, 7) is 0. The van der Waals surface area contributed by atoms with Crippen LogP contribution in [-0.2, 0) is 6.42 Å². The minimum absolute atomic E-state index is 0.0475. The molecule has 1 aliphatic rings. The van der Waals surface area contributed by atoms with Crippen molar-refractivity contribution in [2.45, 2.75) is 17.4 Å². The second-order valence-electron chi connectivity index (χ2n) is 4.88. The predicted octanol–water partition coefficient (Wildman–Crippen LogP) is 5.04. The molecule has 0 spiro atoms. The summed E-state index contributed by atoms with van der Waals surface area (Å²) in [5.74, 6) is 1.08. The fraction of sp³-hybridized carbons (Fsp3) is 0.250. The Bertz CT molecular complexity index is 650. The molecule has 1 heterocycles. The summed E-state index contributed by atoms with van der Waals surface area (Å²) in [7, 11) is 1.54. The van der Waals surface area contributed by atoms with Crippen molar-refractivity contribution >= 4 is 31.9 Å². The number of alkyl halides is 1. The molecule has 1 aliphatic heterocycles. The van der Waals surface area contributed by atoms with Gasteiger partial charge >= 0.3 is 0 Å². The Morgan fingerprint density at radius 3 is 2.81 bits per heavy atom. The number of fused-ring (bicyclic) bond motifs is 1. The second-order valence-corrected chi connectivity index (χ2v) is 6.72. The largest absolute Gasteiger partial charge is 0.496 e. The number of halogens is 3. The van der Waals surface area contributed by atoms with Crippen LogP contribution in [0.1, 0.15) is 16.0 Å². The Morgan fingerprint density at radius 2 is 2.10 bits per heavy atom. The molecule has 0 aromatic heterocycles. The number of para-hydroxylation sites is 1. The van der Waals surface area contributed by atoms with Crippen LogP contribution >= 0.6 is 31.9 Å². The summed E-state index contributed by atoms with van der Waals surface area (Å²) in [4.78, 5) is -0.0863. The Balaban J connectivity index is 1.90. The van der Waals surface area contributed by atoms with Crippen molar-refractivity contribution in [3.05, 3.63) is 57.8 Å². The topological polar surface area (TPSA) is 18.5 Å². The maximum absolute atomic E-state index is 13.6. The molecular weight excluding hydrogens is 403 g/mol. The van der Waals surface area contributed by atoms with E-state index in [1.165, 1.54) is 18.7 Å². The van der Waals surface area contributed by atoms with E-state index in [1.54, 1.807) is 6.07 Å². The van der Waals surface area contributed by atoms with E-state index in [2.05, 4.69) is 37.9 Å². The molecule has 5 heteroatoms. The van der Waals surface area contributed by atoms with Gasteiger partial charge in [-0.25, -0.2) is 4.39 Å². The van der Waals surface area contributed by atoms with Crippen molar-refractivity contribution in [3.8, 4) is 11.5 Å². The standard InChI is InChI=1S/C16H13Br2FO2/c1-20-14-8-12(19)11(17)7-10(14)16(18)15-6-9-4-2-3-5-13(9)21-15/h2-5,7-8,15-16H,6H2,1H3. The van der Waals surface area contributed by atoms with Crippen LogP contribution in [0.4, 0.5) is 4.39 Å². The van der Waals surface area contributed by atoms with E-state index in [0.717, 1.165) is 17.7 Å². The average molecular weight is 416 g/mol. The maximum atomic E-state index is 13.6. The number of benzene rings is 2. The zero-order valence-corrected chi connectivity index (χ0v) is 14.4. The number of hydrogen-bond donors (Lipinski definition) is 0. The van der Waals surface area contributed by atoms with Gasteiger partial charge in [0.1, 0.15) is 23.4 Å². The summed E-state index contributed by atoms with van der Waals surface area (Å²) in [5.41, 5.74) is 2.05. The molecule has 2 aromatic rings. The highest BCUT2D eigenvalue weighted by Crippen LogP contribution is 2.42. The second kappa shape index (κ2) is 5.97. The monoisotopic (exact) mass is 414 g/mol. The molecule has 110 valence electrons. The molecule has 21 heavy (non-hydrogen) atoms. The molecule has 3 rings (SSSR count). The number of ether oxygens (including phenoxy) is 2. The molecule has 2 unspecified atom stereocenters. The highest BCUT2D eigenvalue weighted by Gasteiger charge is 2.31. The number of methoxy groups -OCH3 is 1. The van der Waals surface area contributed by atoms with Gasteiger partial charge in [0.25, 0.3) is 0 Å². The first-order valence-electron chi connectivity index (χ1n) is 6.51. The highest BCUT2D eigenvalue weighted by atomic mass is 79.9. The SMILES string of the molecule is COc1cc(F)c(Br)cc1C(Br)C1Cc2ccccc2O1. The van der Waals surface area contributed by atoms with E-state index in [-0.39, 0.29) is 16.7 Å². The third-order valence-corrected chi connectivity index (χ3v) is 5.26. The van der Waals surface area contributed by atoms with E-state index in [1.807, 2.05) is 18.2 Å². The Kier molecular flexibility index (Phi) is 4.22. The lowest BCUT2D eigenvalue weighted by Crippen LogP contribution is -2.19. The van der Waals surface area contributed by atoms with Gasteiger partial charge in [-0.2, -0.15) is 0 Å². The summed E-state index contributed by atoms with van der Waals surface area (Å²) in [6, 6.07) is 11.1. The van der Waals surface area contributed by atoms with Crippen LogP contribution in [0.3, 0.4) is 0 Å². The lowest BCUT2D eigenvalue weighted by atomic mass is 10.0. The first kappa shape index (κ1) is 14.9. The number of hydrogen-bond acceptors (Lipinski definition) is 2. The van der Waals surface area contributed by atoms with E-state index in [4.69, 9.17) is 9.47 Å². The van der Waals surface area contributed by atoms with Gasteiger partial charge in [-0.1, -0.05) is 34.1 Å². The minimum Gasteiger partial charge on any atom is -0.496 e. The number of rotatable bonds is 3. The summed E-state index contributed by atoms with van der Waals surface area (Å²) >= 11 is 6.90. The van der Waals surface area contributed by atoms with Crippen LogP contribution in [0.5, 0.6) is 11.5 Å². The summed E-state index contributed by atoms with van der Waals surface area (Å²) in [6.07, 6.45) is 0.762. The zero-order valence-electron chi connectivity index (χ0n) is 11.3. The Morgan fingerprint density at radius 1 is 1.33 bits per heavy atom. The predicted molar refractivity (Wildman–Crippen MR) is 86.9 cm³/mol. The van der Waals surface area contributed by atoms with Crippen molar-refractivity contribution in [1.82, 2.24) is 0 Å². The normalized spacial score (nSPS) is 18.0. The molecule has 0 saturated carbocycles. The molecule has 0 saturated heterocycles. The first-order valence-corrected chi connectivity index (χ1v) is 8.22. The molecule has 0 bridgehead atoms. The zero-order chi connectivity index (χ0) is 15.0. The van der Waals surface area contributed by atoms with Crippen LogP contribution in [0.15, 0.2) is 40.9 Å². The molecule has 0 amide bonds. The van der Waals surface area contributed by atoms with Crippen LogP contribution in [0.2, 0.25) is 0 Å². The van der Waals surface area contributed by atoms with Crippen molar-refractivity contribution in [2.75, 3.05) is 7.11 Å². The molecular formula is C16H13Br2FO2. The van der Waals surface area contributed by atoms with Gasteiger partial charge in [0, 0.05) is 18.1 Å². The lowest BCUT2D eigenvalue weighted by Gasteiger charge is -2.20. The molecule has 0 aliphatic carbocycles. The fourth-order valence-electron chi connectivity index (χ4n) is 2.51. The summed E-state index contributed by atoms with van der Waals surface area (Å²) in [5, 5.41) is 0. The lowest BCUT2D eigenvalue weighted by molar-refractivity contribution is 0.230. The van der Waals surface area contributed by atoms with Gasteiger partial charge in [0.15, 0.2) is 0 Å². The average Bonchev–Trinajstić information content (AvgIpc) is 2.92. The van der Waals surface area contributed by atoms with Crippen molar-refractivity contribution in [1.29, 1.82) is 0 Å². The fourth-order valence-corrected chi connectivity index (χ4v) is 3.52. The minimum atomic E-state index is -0.342. The molecule has 0 radical (unpaired) electrons. The van der Waals surface area contributed by atoms with E-state index < -0.39 is 0 Å². The van der Waals surface area contributed by atoms with Crippen LogP contribution in [0, 0.1) is 5.82 Å². The van der Waals surface area contributed by atoms with Crippen molar-refractivity contribution in [2.24, 2.45) is 0 Å². The quantitative estimate of drug-likeness (QED) is 0.654. The van der Waals surface area contributed by atoms with Crippen molar-refractivity contribution in [3.63, 3.8) is 0 Å². The van der Waals surface area contributed by atoms with Gasteiger partial charge in [0.05, 0.1) is 16.4 Å². The van der Waals surface area contributed by atoms with Crippen LogP contribution in [-0.4, -0.2) is 13.2 Å². The van der Waals surface area contributed by atoms with Gasteiger partial charge in [-0.05, 0) is 33.6 Å². The van der Waals surface area contributed by atoms with Crippen molar-refractivity contribution < 1.29 is 13.9 Å². The third-order valence-electron chi connectivity index (χ3n) is 3.57. The third kappa shape index (κ3) is 2.81. The van der Waals surface area contributed by atoms with Gasteiger partial charge in [0.2, 0.25) is 0 Å². The van der Waals surface area contributed by atoms with Gasteiger partial charge in [-0.3, -0.25) is 0 Å². The maximum Gasteiger partial charge on any atom is 0.141 e. The van der Waals surface area contributed by atoms with Gasteiger partial charge < -0.3 is 9.47 Å². The Labute approximate surface area is 139 Å². The summed E-state index contributed by atoms with van der Waals surface area (Å²) < 4.78 is 25.3. The van der Waals surface area contributed by atoms with Crippen LogP contribution in [0.25, 0.3) is 0 Å².